The van der Waals surface area contributed by atoms with Gasteiger partial charge in [-0.1, -0.05) is 12.1 Å². The van der Waals surface area contributed by atoms with Crippen LogP contribution in [-0.2, 0) is 19.1 Å². The number of carbonyl (C=O) groups excluding carboxylic acids is 3. The number of aryl methyl sites for hydroxylation is 1. The lowest BCUT2D eigenvalue weighted by molar-refractivity contribution is -0.150. The Balaban J connectivity index is 1.65. The molecule has 0 unspecified atom stereocenters. The van der Waals surface area contributed by atoms with Crippen molar-refractivity contribution in [2.24, 2.45) is 0 Å². The summed E-state index contributed by atoms with van der Waals surface area (Å²) in [6, 6.07) is 9.91. The summed E-state index contributed by atoms with van der Waals surface area (Å²) in [7, 11) is 0. The summed E-state index contributed by atoms with van der Waals surface area (Å²) in [5.41, 5.74) is 1.00. The van der Waals surface area contributed by atoms with E-state index >= 15 is 0 Å². The molecule has 2 amide bonds. The fourth-order valence-corrected chi connectivity index (χ4v) is 2.04. The Hall–Kier alpha value is -3.49. The zero-order valence-electron chi connectivity index (χ0n) is 15.0. The molecule has 9 heteroatoms. The molecule has 0 spiro atoms. The van der Waals surface area contributed by atoms with Gasteiger partial charge < -0.3 is 20.1 Å². The summed E-state index contributed by atoms with van der Waals surface area (Å²) in [4.78, 5) is 34.8. The highest BCUT2D eigenvalue weighted by atomic mass is 19.2. The lowest BCUT2D eigenvalue weighted by Crippen LogP contribution is -2.36. The maximum absolute atomic E-state index is 13.1. The van der Waals surface area contributed by atoms with Crippen LogP contribution in [0.2, 0.25) is 0 Å². The van der Waals surface area contributed by atoms with E-state index in [1.807, 2.05) is 13.0 Å². The van der Waals surface area contributed by atoms with Crippen LogP contribution < -0.4 is 15.4 Å². The third-order valence-electron chi connectivity index (χ3n) is 3.36. The largest absolute Gasteiger partial charge is 0.482 e. The Bertz CT molecular complexity index is 873. The van der Waals surface area contributed by atoms with Crippen LogP contribution >= 0.6 is 0 Å². The number of ether oxygens (including phenoxy) is 2. The molecule has 0 aliphatic heterocycles. The molecule has 2 N–H and O–H groups in total. The lowest BCUT2D eigenvalue weighted by atomic mass is 10.2. The first-order valence-electron chi connectivity index (χ1n) is 8.20. The molecule has 0 saturated heterocycles. The Morgan fingerprint density at radius 3 is 2.46 bits per heavy atom. The van der Waals surface area contributed by atoms with E-state index < -0.39 is 42.6 Å². The van der Waals surface area contributed by atoms with Crippen LogP contribution in [0, 0.1) is 18.6 Å². The number of hydrogen-bond donors (Lipinski definition) is 2. The molecular formula is C19H18F2N2O5. The highest BCUT2D eigenvalue weighted by Crippen LogP contribution is 2.13. The van der Waals surface area contributed by atoms with Crippen LogP contribution in [0.25, 0.3) is 0 Å². The van der Waals surface area contributed by atoms with Gasteiger partial charge in [0.2, 0.25) is 5.91 Å². The van der Waals surface area contributed by atoms with Crippen LogP contribution in [-0.4, -0.2) is 37.5 Å². The Labute approximate surface area is 159 Å². The van der Waals surface area contributed by atoms with Crippen molar-refractivity contribution in [1.82, 2.24) is 5.32 Å². The second-order valence-electron chi connectivity index (χ2n) is 5.72. The predicted molar refractivity (Wildman–Crippen MR) is 95.6 cm³/mol. The van der Waals surface area contributed by atoms with Gasteiger partial charge in [0, 0.05) is 11.8 Å². The maximum atomic E-state index is 13.1. The van der Waals surface area contributed by atoms with Gasteiger partial charge >= 0.3 is 5.97 Å². The number of rotatable bonds is 8. The van der Waals surface area contributed by atoms with Crippen molar-refractivity contribution in [3.05, 3.63) is 59.7 Å². The fraction of sp³-hybridized carbons (Fsp3) is 0.211. The lowest BCUT2D eigenvalue weighted by Gasteiger charge is -2.09. The minimum absolute atomic E-state index is 0.0397. The Kier molecular flexibility index (Phi) is 7.44. The summed E-state index contributed by atoms with van der Waals surface area (Å²) >= 11 is 0. The number of hydrogen-bond acceptors (Lipinski definition) is 5. The van der Waals surface area contributed by atoms with Gasteiger partial charge in [-0.3, -0.25) is 9.59 Å². The molecule has 0 saturated carbocycles. The Morgan fingerprint density at radius 2 is 1.75 bits per heavy atom. The highest BCUT2D eigenvalue weighted by Gasteiger charge is 2.11. The number of halogens is 2. The quantitative estimate of drug-likeness (QED) is 0.670. The number of anilines is 1. The van der Waals surface area contributed by atoms with Crippen LogP contribution in [0.1, 0.15) is 5.56 Å². The molecule has 0 heterocycles. The van der Waals surface area contributed by atoms with E-state index in [-0.39, 0.29) is 12.3 Å². The van der Waals surface area contributed by atoms with Gasteiger partial charge in [0.15, 0.2) is 24.8 Å². The monoisotopic (exact) mass is 392 g/mol. The summed E-state index contributed by atoms with van der Waals surface area (Å²) < 4.78 is 35.8. The third-order valence-corrected chi connectivity index (χ3v) is 3.36. The fourth-order valence-electron chi connectivity index (χ4n) is 2.04. The molecule has 2 rings (SSSR count). The minimum Gasteiger partial charge on any atom is -0.482 e. The molecule has 0 radical (unpaired) electrons. The van der Waals surface area contributed by atoms with Crippen LogP contribution in [0.5, 0.6) is 5.75 Å². The van der Waals surface area contributed by atoms with Gasteiger partial charge in [0.25, 0.3) is 5.91 Å². The summed E-state index contributed by atoms with van der Waals surface area (Å²) in [6.07, 6.45) is 0. The number of esters is 1. The van der Waals surface area contributed by atoms with Crippen molar-refractivity contribution >= 4 is 23.5 Å². The van der Waals surface area contributed by atoms with E-state index in [9.17, 15) is 23.2 Å². The van der Waals surface area contributed by atoms with Crippen molar-refractivity contribution in [2.45, 2.75) is 6.92 Å². The molecule has 0 fully saturated rings. The molecule has 0 atom stereocenters. The van der Waals surface area contributed by atoms with Gasteiger partial charge in [-0.25, -0.2) is 13.6 Å². The van der Waals surface area contributed by atoms with Crippen molar-refractivity contribution < 1.29 is 32.6 Å². The molecule has 0 aromatic heterocycles. The number of carbonyl (C=O) groups is 3. The van der Waals surface area contributed by atoms with Gasteiger partial charge in [-0.05, 0) is 36.8 Å². The van der Waals surface area contributed by atoms with Crippen molar-refractivity contribution in [1.29, 1.82) is 0 Å². The van der Waals surface area contributed by atoms with Gasteiger partial charge in [-0.15, -0.1) is 0 Å². The first kappa shape index (κ1) is 20.8. The molecule has 0 aliphatic carbocycles. The topological polar surface area (TPSA) is 93.7 Å². The molecule has 0 aliphatic rings. The van der Waals surface area contributed by atoms with Crippen LogP contribution in [0.15, 0.2) is 42.5 Å². The number of benzene rings is 2. The minimum atomic E-state index is -1.11. The maximum Gasteiger partial charge on any atom is 0.344 e. The highest BCUT2D eigenvalue weighted by molar-refractivity contribution is 5.94. The molecule has 148 valence electrons. The van der Waals surface area contributed by atoms with Gasteiger partial charge in [0.05, 0.1) is 6.54 Å². The normalized spacial score (nSPS) is 10.1. The van der Waals surface area contributed by atoms with E-state index in [4.69, 9.17) is 9.47 Å². The average molecular weight is 392 g/mol. The van der Waals surface area contributed by atoms with Crippen LogP contribution in [0.4, 0.5) is 14.5 Å². The number of nitrogens with one attached hydrogen (secondary N) is 2. The molecule has 2 aromatic rings. The zero-order chi connectivity index (χ0) is 20.5. The predicted octanol–water partition coefficient (Wildman–Crippen LogP) is 1.95. The molecule has 0 bridgehead atoms. The van der Waals surface area contributed by atoms with Crippen LogP contribution in [0.3, 0.4) is 0 Å². The summed E-state index contributed by atoms with van der Waals surface area (Å²) in [5.74, 6) is -3.77. The zero-order valence-corrected chi connectivity index (χ0v) is 15.0. The second-order valence-corrected chi connectivity index (χ2v) is 5.72. The van der Waals surface area contributed by atoms with Crippen molar-refractivity contribution in [3.8, 4) is 5.75 Å². The van der Waals surface area contributed by atoms with E-state index in [0.717, 1.165) is 17.7 Å². The first-order chi connectivity index (χ1) is 13.3. The average Bonchev–Trinajstić information content (AvgIpc) is 2.66. The van der Waals surface area contributed by atoms with E-state index in [0.29, 0.717) is 5.75 Å². The SMILES string of the molecule is Cc1cccc(OCC(=O)OCC(=O)NCC(=O)Nc2ccc(F)c(F)c2)c1. The van der Waals surface area contributed by atoms with Gasteiger partial charge in [-0.2, -0.15) is 0 Å². The number of amides is 2. The van der Waals surface area contributed by atoms with E-state index in [1.54, 1.807) is 18.2 Å². The molecule has 28 heavy (non-hydrogen) atoms. The molecular weight excluding hydrogens is 374 g/mol. The first-order valence-corrected chi connectivity index (χ1v) is 8.20. The molecule has 2 aromatic carbocycles. The summed E-state index contributed by atoms with van der Waals surface area (Å²) in [5, 5.41) is 4.51. The van der Waals surface area contributed by atoms with Crippen molar-refractivity contribution in [3.63, 3.8) is 0 Å². The standard InChI is InChI=1S/C19H18F2N2O5/c1-12-3-2-4-14(7-12)27-11-19(26)28-10-18(25)22-9-17(24)23-13-5-6-15(20)16(21)8-13/h2-8H,9-11H2,1H3,(H,22,25)(H,23,24). The summed E-state index contributed by atoms with van der Waals surface area (Å²) in [6.45, 7) is 0.481. The van der Waals surface area contributed by atoms with E-state index in [2.05, 4.69) is 10.6 Å². The van der Waals surface area contributed by atoms with E-state index in [1.165, 1.54) is 6.07 Å². The smallest absolute Gasteiger partial charge is 0.344 e. The van der Waals surface area contributed by atoms with Gasteiger partial charge in [0.1, 0.15) is 5.75 Å². The molecule has 7 nitrogen and oxygen atoms in total. The Morgan fingerprint density at radius 1 is 0.964 bits per heavy atom. The third kappa shape index (κ3) is 7.02. The van der Waals surface area contributed by atoms with Crippen molar-refractivity contribution in [2.75, 3.05) is 25.1 Å². The second kappa shape index (κ2) is 10.0.